The van der Waals surface area contributed by atoms with Crippen molar-refractivity contribution in [1.82, 2.24) is 14.5 Å². The first-order chi connectivity index (χ1) is 30.8. The third-order valence-corrected chi connectivity index (χ3v) is 11.3. The zero-order valence-electron chi connectivity index (χ0n) is 35.2. The Hall–Kier alpha value is -8.02. The Morgan fingerprint density at radius 1 is 0.517 bits per heavy atom. The van der Waals surface area contributed by atoms with Crippen molar-refractivity contribution in [2.24, 2.45) is 0 Å². The van der Waals surface area contributed by atoms with Gasteiger partial charge in [0.15, 0.2) is 0 Å². The van der Waals surface area contributed by atoms with E-state index < -0.39 is 6.85 Å². The molecule has 3 aromatic heterocycles. The standard InChI is InChI=1S/C55H37N3O2/c1-35-23-28-49(45(31-35)39-15-6-3-7-16-39)58-50-20-12-19-42(53(50)57-55(58)44-18-8-10-21-51(44)59)41-32-46-43-17-9-11-22-52(43)60-54(46)47(33-41)48-34-40(29-30-56-48)38-26-24-37(25-27-38)36-13-4-2-5-14-36/h2-34,59H,1H3/i1D3. The predicted octanol–water partition coefficient (Wildman–Crippen LogP) is 14.3. The maximum absolute atomic E-state index is 11.4. The molecule has 3 heterocycles. The highest BCUT2D eigenvalue weighted by Gasteiger charge is 2.23. The van der Waals surface area contributed by atoms with Gasteiger partial charge >= 0.3 is 0 Å². The number of aromatic hydroxyl groups is 1. The third-order valence-electron chi connectivity index (χ3n) is 11.3. The van der Waals surface area contributed by atoms with Crippen molar-refractivity contribution < 1.29 is 13.6 Å². The minimum absolute atomic E-state index is 0.0743. The first kappa shape index (κ1) is 32.0. The monoisotopic (exact) mass is 774 g/mol. The number of para-hydroxylation sites is 3. The molecule has 11 aromatic rings. The van der Waals surface area contributed by atoms with Crippen LogP contribution in [0.5, 0.6) is 5.75 Å². The second kappa shape index (κ2) is 14.4. The van der Waals surface area contributed by atoms with Gasteiger partial charge in [0.25, 0.3) is 0 Å². The van der Waals surface area contributed by atoms with Gasteiger partial charge in [0, 0.05) is 37.8 Å². The number of aryl methyl sites for hydroxylation is 1. The van der Waals surface area contributed by atoms with E-state index in [2.05, 4.69) is 78.9 Å². The van der Waals surface area contributed by atoms with E-state index in [1.165, 1.54) is 5.56 Å². The lowest BCUT2D eigenvalue weighted by Gasteiger charge is -2.16. The maximum Gasteiger partial charge on any atom is 0.149 e. The van der Waals surface area contributed by atoms with E-state index in [0.717, 1.165) is 83.3 Å². The molecule has 8 aromatic carbocycles. The van der Waals surface area contributed by atoms with Crippen LogP contribution >= 0.6 is 0 Å². The number of hydrogen-bond acceptors (Lipinski definition) is 4. The first-order valence-electron chi connectivity index (χ1n) is 21.4. The van der Waals surface area contributed by atoms with Crippen LogP contribution in [0.3, 0.4) is 0 Å². The Morgan fingerprint density at radius 2 is 1.22 bits per heavy atom. The van der Waals surface area contributed by atoms with Gasteiger partial charge in [-0.1, -0.05) is 139 Å². The highest BCUT2D eigenvalue weighted by molar-refractivity contribution is 6.12. The lowest BCUT2D eigenvalue weighted by atomic mass is 9.95. The van der Waals surface area contributed by atoms with E-state index in [9.17, 15) is 5.11 Å². The van der Waals surface area contributed by atoms with Crippen molar-refractivity contribution >= 4 is 33.0 Å². The number of phenols is 1. The molecule has 0 fully saturated rings. The molecule has 5 nitrogen and oxygen atoms in total. The Bertz CT molecular complexity index is 3500. The number of aromatic nitrogens is 3. The number of hydrogen-bond donors (Lipinski definition) is 1. The van der Waals surface area contributed by atoms with E-state index in [4.69, 9.17) is 18.5 Å². The molecule has 0 atom stereocenters. The number of benzene rings is 8. The molecule has 1 N–H and O–H groups in total. The van der Waals surface area contributed by atoms with Crippen LogP contribution in [0.1, 0.15) is 9.68 Å². The van der Waals surface area contributed by atoms with Gasteiger partial charge in [-0.05, 0) is 101 Å². The van der Waals surface area contributed by atoms with Crippen molar-refractivity contribution in [3.05, 3.63) is 206 Å². The van der Waals surface area contributed by atoms with Crippen molar-refractivity contribution in [3.8, 4) is 78.6 Å². The number of imidazole rings is 1. The Labute approximate surface area is 351 Å². The van der Waals surface area contributed by atoms with Gasteiger partial charge < -0.3 is 9.52 Å². The van der Waals surface area contributed by atoms with Crippen LogP contribution in [-0.4, -0.2) is 19.6 Å². The fourth-order valence-corrected chi connectivity index (χ4v) is 8.42. The molecule has 0 amide bonds. The molecule has 0 aliphatic rings. The summed E-state index contributed by atoms with van der Waals surface area (Å²) in [6.45, 7) is -2.32. The summed E-state index contributed by atoms with van der Waals surface area (Å²) in [7, 11) is 0. The van der Waals surface area contributed by atoms with Crippen LogP contribution in [0, 0.1) is 6.85 Å². The van der Waals surface area contributed by atoms with Crippen molar-refractivity contribution in [3.63, 3.8) is 0 Å². The summed E-state index contributed by atoms with van der Waals surface area (Å²) < 4.78 is 33.5. The van der Waals surface area contributed by atoms with Gasteiger partial charge in [-0.25, -0.2) is 4.98 Å². The topological polar surface area (TPSA) is 64.1 Å². The van der Waals surface area contributed by atoms with Gasteiger partial charge in [0.05, 0.1) is 28.0 Å². The number of furan rings is 1. The average molecular weight is 775 g/mol. The third kappa shape index (κ3) is 6.03. The molecule has 0 aliphatic carbocycles. The lowest BCUT2D eigenvalue weighted by Crippen LogP contribution is -2.01. The molecule has 11 rings (SSSR count). The molecule has 284 valence electrons. The molecule has 0 saturated carbocycles. The van der Waals surface area contributed by atoms with Crippen LogP contribution in [0.2, 0.25) is 0 Å². The number of phenolic OH excluding ortho intramolecular Hbond substituents is 1. The normalized spacial score (nSPS) is 12.4. The summed E-state index contributed by atoms with van der Waals surface area (Å²) in [5.74, 6) is 0.585. The fraction of sp³-hybridized carbons (Fsp3) is 0.0182. The number of nitrogens with zero attached hydrogens (tertiary/aromatic N) is 3. The molecule has 0 unspecified atom stereocenters. The van der Waals surface area contributed by atoms with Gasteiger partial charge in [-0.3, -0.25) is 9.55 Å². The predicted molar refractivity (Wildman–Crippen MR) is 245 cm³/mol. The van der Waals surface area contributed by atoms with Crippen molar-refractivity contribution in [2.45, 2.75) is 6.85 Å². The number of pyridine rings is 1. The van der Waals surface area contributed by atoms with Crippen LogP contribution in [0.15, 0.2) is 205 Å². The van der Waals surface area contributed by atoms with Crippen LogP contribution in [-0.2, 0) is 0 Å². The minimum atomic E-state index is -2.32. The van der Waals surface area contributed by atoms with Crippen LogP contribution < -0.4 is 0 Å². The Balaban J connectivity index is 1.13. The number of rotatable bonds is 7. The molecule has 0 aliphatic heterocycles. The van der Waals surface area contributed by atoms with Gasteiger partial charge in [0.1, 0.15) is 22.7 Å². The lowest BCUT2D eigenvalue weighted by molar-refractivity contribution is 0.477. The van der Waals surface area contributed by atoms with E-state index in [-0.39, 0.29) is 11.3 Å². The SMILES string of the molecule is [2H]C([2H])([2H])c1ccc(-n2c(-c3ccccc3O)nc3c(-c4cc(-c5cc(-c6ccc(-c7ccccc7)cc6)ccn5)c5oc6ccccc6c5c4)cccc32)c(-c2ccccc2)c1. The minimum Gasteiger partial charge on any atom is -0.507 e. The molecule has 5 heteroatoms. The van der Waals surface area contributed by atoms with Crippen molar-refractivity contribution in [1.29, 1.82) is 0 Å². The zero-order valence-corrected chi connectivity index (χ0v) is 32.2. The van der Waals surface area contributed by atoms with E-state index in [0.29, 0.717) is 16.9 Å². The average Bonchev–Trinajstić information content (AvgIpc) is 3.90. The smallest absolute Gasteiger partial charge is 0.149 e. The Kier molecular flexibility index (Phi) is 7.69. The first-order valence-corrected chi connectivity index (χ1v) is 19.9. The van der Waals surface area contributed by atoms with Gasteiger partial charge in [-0.2, -0.15) is 0 Å². The summed E-state index contributed by atoms with van der Waals surface area (Å²) >= 11 is 0. The molecule has 60 heavy (non-hydrogen) atoms. The summed E-state index contributed by atoms with van der Waals surface area (Å²) in [4.78, 5) is 10.3. The zero-order chi connectivity index (χ0) is 42.7. The highest BCUT2D eigenvalue weighted by Crippen LogP contribution is 2.44. The summed E-state index contributed by atoms with van der Waals surface area (Å²) in [5, 5.41) is 13.3. The Morgan fingerprint density at radius 3 is 2.02 bits per heavy atom. The molecule has 0 saturated heterocycles. The molecule has 0 radical (unpaired) electrons. The van der Waals surface area contributed by atoms with E-state index in [1.807, 2.05) is 102 Å². The van der Waals surface area contributed by atoms with Crippen molar-refractivity contribution in [2.75, 3.05) is 0 Å². The summed E-state index contributed by atoms with van der Waals surface area (Å²) in [5.41, 5.74) is 13.8. The fourth-order valence-electron chi connectivity index (χ4n) is 8.42. The molecule has 0 spiro atoms. The number of fused-ring (bicyclic) bond motifs is 4. The van der Waals surface area contributed by atoms with Crippen LogP contribution in [0.25, 0.3) is 106 Å². The highest BCUT2D eigenvalue weighted by atomic mass is 16.3. The van der Waals surface area contributed by atoms with E-state index >= 15 is 0 Å². The molecule has 0 bridgehead atoms. The molecular weight excluding hydrogens is 735 g/mol. The maximum atomic E-state index is 11.4. The van der Waals surface area contributed by atoms with E-state index in [1.54, 1.807) is 24.3 Å². The van der Waals surface area contributed by atoms with Gasteiger partial charge in [-0.15, -0.1) is 0 Å². The summed E-state index contributed by atoms with van der Waals surface area (Å²) in [6.07, 6.45) is 1.85. The summed E-state index contributed by atoms with van der Waals surface area (Å²) in [6, 6.07) is 63.7. The van der Waals surface area contributed by atoms with Crippen LogP contribution in [0.4, 0.5) is 0 Å². The largest absolute Gasteiger partial charge is 0.507 e. The second-order valence-corrected chi connectivity index (χ2v) is 14.9. The quantitative estimate of drug-likeness (QED) is 0.175. The van der Waals surface area contributed by atoms with Gasteiger partial charge in [0.2, 0.25) is 0 Å². The second-order valence-electron chi connectivity index (χ2n) is 14.9. The molecular formula is C55H37N3O2.